The Labute approximate surface area is 158 Å². The number of amides is 1. The number of carbonyl (C=O) groups is 1. The summed E-state index contributed by atoms with van der Waals surface area (Å²) >= 11 is 7.24. The second-order valence-electron chi connectivity index (χ2n) is 5.67. The van der Waals surface area contributed by atoms with Crippen LogP contribution >= 0.6 is 23.4 Å². The van der Waals surface area contributed by atoms with E-state index in [4.69, 9.17) is 21.1 Å². The molecule has 1 amide bonds. The fourth-order valence-electron chi connectivity index (χ4n) is 2.49. The van der Waals surface area contributed by atoms with Gasteiger partial charge in [-0.15, -0.1) is 0 Å². The van der Waals surface area contributed by atoms with E-state index in [9.17, 15) is 4.79 Å². The molecule has 0 bridgehead atoms. The SMILES string of the molecule is C[C@@H](Sc1nc2ncc(Cl)cc2[nH]1)C(=O)Nc1ccc2c(c1)OCCO2. The number of hydrogen-bond donors (Lipinski definition) is 2. The highest BCUT2D eigenvalue weighted by Crippen LogP contribution is 2.33. The lowest BCUT2D eigenvalue weighted by molar-refractivity contribution is -0.115. The number of aromatic nitrogens is 3. The monoisotopic (exact) mass is 390 g/mol. The van der Waals surface area contributed by atoms with Gasteiger partial charge in [-0.2, -0.15) is 0 Å². The van der Waals surface area contributed by atoms with Crippen LogP contribution in [0.2, 0.25) is 5.02 Å². The van der Waals surface area contributed by atoms with Crippen molar-refractivity contribution in [2.75, 3.05) is 18.5 Å². The van der Waals surface area contributed by atoms with Crippen molar-refractivity contribution >= 4 is 46.1 Å². The Kier molecular flexibility index (Phi) is 4.60. The van der Waals surface area contributed by atoms with Crippen molar-refractivity contribution in [1.29, 1.82) is 0 Å². The number of carbonyl (C=O) groups excluding carboxylic acids is 1. The van der Waals surface area contributed by atoms with E-state index in [0.29, 0.717) is 46.2 Å². The molecule has 1 aliphatic heterocycles. The molecule has 134 valence electrons. The van der Waals surface area contributed by atoms with Gasteiger partial charge in [-0.05, 0) is 25.1 Å². The quantitative estimate of drug-likeness (QED) is 0.663. The van der Waals surface area contributed by atoms with Gasteiger partial charge < -0.3 is 19.8 Å². The molecule has 7 nitrogen and oxygen atoms in total. The number of nitrogens with one attached hydrogen (secondary N) is 2. The van der Waals surface area contributed by atoms with Crippen molar-refractivity contribution in [1.82, 2.24) is 15.0 Å². The molecule has 0 saturated heterocycles. The maximum atomic E-state index is 12.5. The van der Waals surface area contributed by atoms with E-state index in [1.807, 2.05) is 6.92 Å². The summed E-state index contributed by atoms with van der Waals surface area (Å²) in [6, 6.07) is 7.09. The van der Waals surface area contributed by atoms with Crippen LogP contribution in [0, 0.1) is 0 Å². The van der Waals surface area contributed by atoms with Crippen LogP contribution in [-0.2, 0) is 4.79 Å². The van der Waals surface area contributed by atoms with Crippen LogP contribution in [0.15, 0.2) is 35.6 Å². The summed E-state index contributed by atoms with van der Waals surface area (Å²) in [6.45, 7) is 2.84. The number of aromatic amines is 1. The molecule has 4 rings (SSSR count). The number of hydrogen-bond acceptors (Lipinski definition) is 6. The largest absolute Gasteiger partial charge is 0.486 e. The minimum absolute atomic E-state index is 0.141. The number of imidazole rings is 1. The van der Waals surface area contributed by atoms with E-state index in [1.54, 1.807) is 24.3 Å². The average molecular weight is 391 g/mol. The number of pyridine rings is 1. The Bertz CT molecular complexity index is 978. The predicted octanol–water partition coefficient (Wildman–Crippen LogP) is 3.50. The van der Waals surface area contributed by atoms with Gasteiger partial charge in [0.1, 0.15) is 13.2 Å². The molecule has 26 heavy (non-hydrogen) atoms. The van der Waals surface area contributed by atoms with Gasteiger partial charge >= 0.3 is 0 Å². The second kappa shape index (κ2) is 7.05. The van der Waals surface area contributed by atoms with Crippen molar-refractivity contribution in [2.24, 2.45) is 0 Å². The minimum Gasteiger partial charge on any atom is -0.486 e. The van der Waals surface area contributed by atoms with Crippen LogP contribution in [0.4, 0.5) is 5.69 Å². The normalized spacial score (nSPS) is 14.2. The van der Waals surface area contributed by atoms with Gasteiger partial charge in [-0.1, -0.05) is 23.4 Å². The third-order valence-electron chi connectivity index (χ3n) is 3.75. The van der Waals surface area contributed by atoms with Gasteiger partial charge in [0, 0.05) is 18.0 Å². The molecule has 1 aliphatic rings. The summed E-state index contributed by atoms with van der Waals surface area (Å²) in [5.41, 5.74) is 1.96. The predicted molar refractivity (Wildman–Crippen MR) is 100 cm³/mol. The van der Waals surface area contributed by atoms with Crippen LogP contribution in [0.5, 0.6) is 11.5 Å². The number of H-pyrrole nitrogens is 1. The van der Waals surface area contributed by atoms with Crippen LogP contribution in [0.3, 0.4) is 0 Å². The van der Waals surface area contributed by atoms with Crippen molar-refractivity contribution in [3.8, 4) is 11.5 Å². The smallest absolute Gasteiger partial charge is 0.237 e. The first-order valence-electron chi connectivity index (χ1n) is 7.97. The van der Waals surface area contributed by atoms with Gasteiger partial charge in [-0.25, -0.2) is 9.97 Å². The van der Waals surface area contributed by atoms with Crippen LogP contribution < -0.4 is 14.8 Å². The maximum Gasteiger partial charge on any atom is 0.237 e. The van der Waals surface area contributed by atoms with Gasteiger partial charge in [0.2, 0.25) is 5.91 Å². The lowest BCUT2D eigenvalue weighted by atomic mass is 10.2. The third-order valence-corrected chi connectivity index (χ3v) is 4.94. The Morgan fingerprint density at radius 1 is 1.31 bits per heavy atom. The molecule has 0 fully saturated rings. The lowest BCUT2D eigenvalue weighted by Crippen LogP contribution is -2.23. The molecule has 0 spiro atoms. The molecule has 3 aromatic rings. The Morgan fingerprint density at radius 3 is 2.96 bits per heavy atom. The van der Waals surface area contributed by atoms with Crippen molar-refractivity contribution in [2.45, 2.75) is 17.3 Å². The molecule has 2 aromatic heterocycles. The molecule has 1 aromatic carbocycles. The summed E-state index contributed by atoms with van der Waals surface area (Å²) in [6.07, 6.45) is 1.54. The minimum atomic E-state index is -0.362. The van der Waals surface area contributed by atoms with Crippen molar-refractivity contribution < 1.29 is 14.3 Å². The molecule has 0 aliphatic carbocycles. The Morgan fingerprint density at radius 2 is 2.12 bits per heavy atom. The highest BCUT2D eigenvalue weighted by Gasteiger charge is 2.19. The number of rotatable bonds is 4. The molecule has 9 heteroatoms. The van der Waals surface area contributed by atoms with E-state index < -0.39 is 0 Å². The highest BCUT2D eigenvalue weighted by molar-refractivity contribution is 8.00. The van der Waals surface area contributed by atoms with Crippen LogP contribution in [0.25, 0.3) is 11.2 Å². The lowest BCUT2D eigenvalue weighted by Gasteiger charge is -2.19. The molecule has 0 unspecified atom stereocenters. The number of halogens is 1. The zero-order valence-corrected chi connectivity index (χ0v) is 15.4. The first kappa shape index (κ1) is 17.0. The third kappa shape index (κ3) is 3.56. The average Bonchev–Trinajstić information content (AvgIpc) is 3.02. The second-order valence-corrected chi connectivity index (χ2v) is 7.44. The fourth-order valence-corrected chi connectivity index (χ4v) is 3.46. The Hall–Kier alpha value is -2.45. The summed E-state index contributed by atoms with van der Waals surface area (Å²) < 4.78 is 11.0. The number of ether oxygens (including phenoxy) is 2. The standard InChI is InChI=1S/C17H15ClN4O3S/c1-9(26-17-21-12-6-10(18)8-19-15(12)22-17)16(23)20-11-2-3-13-14(7-11)25-5-4-24-13/h2-3,6-9H,4-5H2,1H3,(H,20,23)(H,19,21,22)/t9-/m1/s1. The van der Waals surface area contributed by atoms with E-state index in [1.165, 1.54) is 18.0 Å². The highest BCUT2D eigenvalue weighted by atomic mass is 35.5. The topological polar surface area (TPSA) is 89.1 Å². The molecule has 0 radical (unpaired) electrons. The molecular weight excluding hydrogens is 376 g/mol. The molecule has 2 N–H and O–H groups in total. The zero-order chi connectivity index (χ0) is 18.1. The fraction of sp³-hybridized carbons (Fsp3) is 0.235. The summed E-state index contributed by atoms with van der Waals surface area (Å²) in [5.74, 6) is 1.18. The van der Waals surface area contributed by atoms with E-state index in [-0.39, 0.29) is 11.2 Å². The molecule has 0 saturated carbocycles. The molecular formula is C17H15ClN4O3S. The van der Waals surface area contributed by atoms with Crippen molar-refractivity contribution in [3.05, 3.63) is 35.5 Å². The first-order chi connectivity index (χ1) is 12.6. The van der Waals surface area contributed by atoms with E-state index in [0.717, 1.165) is 5.52 Å². The van der Waals surface area contributed by atoms with Crippen LogP contribution in [-0.4, -0.2) is 39.3 Å². The zero-order valence-electron chi connectivity index (χ0n) is 13.8. The number of anilines is 1. The summed E-state index contributed by atoms with van der Waals surface area (Å²) in [4.78, 5) is 24.1. The first-order valence-corrected chi connectivity index (χ1v) is 9.23. The van der Waals surface area contributed by atoms with Gasteiger partial charge in [0.25, 0.3) is 0 Å². The van der Waals surface area contributed by atoms with E-state index >= 15 is 0 Å². The number of fused-ring (bicyclic) bond motifs is 2. The van der Waals surface area contributed by atoms with Gasteiger partial charge in [0.05, 0.1) is 15.8 Å². The number of benzene rings is 1. The van der Waals surface area contributed by atoms with Crippen molar-refractivity contribution in [3.63, 3.8) is 0 Å². The van der Waals surface area contributed by atoms with Crippen LogP contribution in [0.1, 0.15) is 6.92 Å². The van der Waals surface area contributed by atoms with E-state index in [2.05, 4.69) is 20.3 Å². The molecule has 1 atom stereocenters. The number of nitrogens with zero attached hydrogens (tertiary/aromatic N) is 2. The maximum absolute atomic E-state index is 12.5. The molecule has 3 heterocycles. The van der Waals surface area contributed by atoms with Gasteiger partial charge in [-0.3, -0.25) is 4.79 Å². The number of thioether (sulfide) groups is 1. The van der Waals surface area contributed by atoms with Gasteiger partial charge in [0.15, 0.2) is 22.3 Å². The summed E-state index contributed by atoms with van der Waals surface area (Å²) in [7, 11) is 0. The Balaban J connectivity index is 1.43. The summed E-state index contributed by atoms with van der Waals surface area (Å²) in [5, 5.41) is 3.66.